The molecule has 0 rings (SSSR count). The molecule has 0 heterocycles. The fourth-order valence-electron chi connectivity index (χ4n) is 1.81. The molecule has 0 bridgehead atoms. The van der Waals surface area contributed by atoms with Crippen LogP contribution in [0.2, 0.25) is 0 Å². The maximum Gasteiger partial charge on any atom is 0.401 e. The van der Waals surface area contributed by atoms with Crippen LogP contribution in [0.5, 0.6) is 0 Å². The zero-order chi connectivity index (χ0) is 16.2. The van der Waals surface area contributed by atoms with Crippen LogP contribution in [0.15, 0.2) is 0 Å². The molecule has 0 aliphatic heterocycles. The van der Waals surface area contributed by atoms with E-state index in [1.54, 1.807) is 0 Å². The minimum atomic E-state index is -5.57. The van der Waals surface area contributed by atoms with Gasteiger partial charge in [0.15, 0.2) is 5.92 Å². The molecule has 0 saturated heterocycles. The van der Waals surface area contributed by atoms with E-state index in [-0.39, 0.29) is 6.54 Å². The molecule has 1 atom stereocenters. The van der Waals surface area contributed by atoms with Crippen LogP contribution in [-0.4, -0.2) is 31.1 Å². The van der Waals surface area contributed by atoms with Crippen LogP contribution >= 0.6 is 0 Å². The van der Waals surface area contributed by atoms with Gasteiger partial charge in [-0.25, -0.2) is 0 Å². The summed E-state index contributed by atoms with van der Waals surface area (Å²) >= 11 is 0. The lowest BCUT2D eigenvalue weighted by molar-refractivity contribution is -0.292. The predicted molar refractivity (Wildman–Crippen MR) is 53.0 cm³/mol. The van der Waals surface area contributed by atoms with E-state index in [2.05, 4.69) is 0 Å². The summed E-state index contributed by atoms with van der Waals surface area (Å²) in [5.74, 6) is -3.68. The highest BCUT2D eigenvalue weighted by Gasteiger charge is 2.59. The molecule has 0 aromatic carbocycles. The fraction of sp³-hybridized carbons (Fsp3) is 1.00. The highest BCUT2D eigenvalue weighted by molar-refractivity contribution is 4.87. The van der Waals surface area contributed by atoms with E-state index in [1.807, 2.05) is 5.32 Å². The average Bonchev–Trinajstić information content (AvgIpc) is 2.10. The topological polar surface area (TPSA) is 12.0 Å². The lowest BCUT2D eigenvalue weighted by atomic mass is 9.93. The highest BCUT2D eigenvalue weighted by Crippen LogP contribution is 2.42. The van der Waals surface area contributed by atoms with E-state index in [4.69, 9.17) is 0 Å². The van der Waals surface area contributed by atoms with Gasteiger partial charge in [-0.3, -0.25) is 0 Å². The van der Waals surface area contributed by atoms with E-state index in [0.29, 0.717) is 0 Å². The van der Waals surface area contributed by atoms with Crippen molar-refractivity contribution >= 4 is 0 Å². The molecule has 1 unspecified atom stereocenters. The number of halogens is 9. The maximum atomic E-state index is 12.5. The maximum absolute atomic E-state index is 12.5. The lowest BCUT2D eigenvalue weighted by Gasteiger charge is -2.31. The third-order valence-electron chi connectivity index (χ3n) is 2.55. The number of alkyl halides is 9. The summed E-state index contributed by atoms with van der Waals surface area (Å²) < 4.78 is 110. The zero-order valence-corrected chi connectivity index (χ0v) is 10.4. The smallest absolute Gasteiger partial charge is 0.313 e. The first-order valence-corrected chi connectivity index (χ1v) is 5.72. The molecule has 0 saturated carbocycles. The Labute approximate surface area is 109 Å². The quantitative estimate of drug-likeness (QED) is 0.714. The van der Waals surface area contributed by atoms with Crippen molar-refractivity contribution in [3.8, 4) is 0 Å². The summed E-state index contributed by atoms with van der Waals surface area (Å²) in [4.78, 5) is 0. The van der Waals surface area contributed by atoms with Crippen molar-refractivity contribution in [2.75, 3.05) is 6.54 Å². The summed E-state index contributed by atoms with van der Waals surface area (Å²) in [6.45, 7) is 1.07. The van der Waals surface area contributed by atoms with Crippen LogP contribution in [-0.2, 0) is 0 Å². The Morgan fingerprint density at radius 3 is 1.60 bits per heavy atom. The van der Waals surface area contributed by atoms with Crippen molar-refractivity contribution in [2.24, 2.45) is 5.92 Å². The standard InChI is InChI=1S/C10H14F9N/c1-2-20-6(4-3-5-8(11,12)13)7(9(14,15)16)10(17,18)19/h6-7,20H,2-5H2,1H3. The SMILES string of the molecule is CCNC(CCCC(F)(F)F)C(C(F)(F)F)C(F)(F)F. The van der Waals surface area contributed by atoms with Gasteiger partial charge in [0.25, 0.3) is 0 Å². The Hall–Kier alpha value is -0.670. The van der Waals surface area contributed by atoms with Crippen molar-refractivity contribution in [3.63, 3.8) is 0 Å². The van der Waals surface area contributed by atoms with Crippen molar-refractivity contribution < 1.29 is 39.5 Å². The third kappa shape index (κ3) is 7.20. The van der Waals surface area contributed by atoms with Gasteiger partial charge in [-0.05, 0) is 19.4 Å². The van der Waals surface area contributed by atoms with Crippen LogP contribution in [0.25, 0.3) is 0 Å². The van der Waals surface area contributed by atoms with Gasteiger partial charge in [0.1, 0.15) is 0 Å². The van der Waals surface area contributed by atoms with Crippen molar-refractivity contribution in [1.29, 1.82) is 0 Å². The van der Waals surface area contributed by atoms with Crippen LogP contribution in [0, 0.1) is 5.92 Å². The fourth-order valence-corrected chi connectivity index (χ4v) is 1.81. The minimum absolute atomic E-state index is 0.209. The minimum Gasteiger partial charge on any atom is -0.313 e. The Balaban J connectivity index is 4.92. The molecule has 0 amide bonds. The Bertz CT molecular complexity index is 264. The second kappa shape index (κ2) is 6.86. The van der Waals surface area contributed by atoms with E-state index in [1.165, 1.54) is 6.92 Å². The Morgan fingerprint density at radius 1 is 0.850 bits per heavy atom. The van der Waals surface area contributed by atoms with Gasteiger partial charge in [0, 0.05) is 12.5 Å². The summed E-state index contributed by atoms with van der Waals surface area (Å²) in [6, 6.07) is -2.12. The molecule has 0 spiro atoms. The van der Waals surface area contributed by atoms with Gasteiger partial charge in [-0.1, -0.05) is 6.92 Å². The van der Waals surface area contributed by atoms with Gasteiger partial charge in [0.05, 0.1) is 0 Å². The number of hydrogen-bond acceptors (Lipinski definition) is 1. The summed E-state index contributed by atoms with van der Waals surface area (Å²) in [5.41, 5.74) is 0. The summed E-state index contributed by atoms with van der Waals surface area (Å²) in [6.07, 6.45) is -18.8. The van der Waals surface area contributed by atoms with E-state index in [9.17, 15) is 39.5 Å². The van der Waals surface area contributed by atoms with Crippen LogP contribution < -0.4 is 5.32 Å². The van der Waals surface area contributed by atoms with Gasteiger partial charge in [-0.2, -0.15) is 39.5 Å². The second-order valence-electron chi connectivity index (χ2n) is 4.23. The van der Waals surface area contributed by atoms with Crippen molar-refractivity contribution in [3.05, 3.63) is 0 Å². The predicted octanol–water partition coefficient (Wildman–Crippen LogP) is 4.44. The average molecular weight is 319 g/mol. The molecule has 0 aromatic rings. The normalized spacial score (nSPS) is 15.8. The van der Waals surface area contributed by atoms with Gasteiger partial charge < -0.3 is 5.32 Å². The lowest BCUT2D eigenvalue weighted by Crippen LogP contribution is -2.51. The molecule has 0 fully saturated rings. The second-order valence-corrected chi connectivity index (χ2v) is 4.23. The molecular weight excluding hydrogens is 305 g/mol. The van der Waals surface area contributed by atoms with E-state index in [0.717, 1.165) is 0 Å². The van der Waals surface area contributed by atoms with Gasteiger partial charge in [-0.15, -0.1) is 0 Å². The molecule has 10 heteroatoms. The van der Waals surface area contributed by atoms with Crippen molar-refractivity contribution in [2.45, 2.75) is 50.8 Å². The highest BCUT2D eigenvalue weighted by atomic mass is 19.4. The molecule has 1 nitrogen and oxygen atoms in total. The van der Waals surface area contributed by atoms with E-state index < -0.39 is 49.8 Å². The number of hydrogen-bond donors (Lipinski definition) is 1. The molecule has 0 aromatic heterocycles. The molecular formula is C10H14F9N. The van der Waals surface area contributed by atoms with Gasteiger partial charge >= 0.3 is 18.5 Å². The third-order valence-corrected chi connectivity index (χ3v) is 2.55. The van der Waals surface area contributed by atoms with Crippen LogP contribution in [0.4, 0.5) is 39.5 Å². The molecule has 0 aliphatic carbocycles. The Kier molecular flexibility index (Phi) is 6.63. The molecule has 122 valence electrons. The zero-order valence-electron chi connectivity index (χ0n) is 10.4. The van der Waals surface area contributed by atoms with Gasteiger partial charge in [0.2, 0.25) is 0 Å². The number of rotatable bonds is 6. The van der Waals surface area contributed by atoms with Crippen LogP contribution in [0.1, 0.15) is 26.2 Å². The monoisotopic (exact) mass is 319 g/mol. The number of nitrogens with one attached hydrogen (secondary N) is 1. The molecule has 0 radical (unpaired) electrons. The molecule has 0 aliphatic rings. The summed E-state index contributed by atoms with van der Waals surface area (Å²) in [5, 5.41) is 1.97. The first kappa shape index (κ1) is 19.3. The Morgan fingerprint density at radius 2 is 1.30 bits per heavy atom. The first-order chi connectivity index (χ1) is 8.79. The molecule has 1 N–H and O–H groups in total. The van der Waals surface area contributed by atoms with E-state index >= 15 is 0 Å². The first-order valence-electron chi connectivity index (χ1n) is 5.72. The molecule has 20 heavy (non-hydrogen) atoms. The summed E-state index contributed by atoms with van der Waals surface area (Å²) in [7, 11) is 0. The van der Waals surface area contributed by atoms with Crippen LogP contribution in [0.3, 0.4) is 0 Å². The van der Waals surface area contributed by atoms with Crippen molar-refractivity contribution in [1.82, 2.24) is 5.32 Å². The largest absolute Gasteiger partial charge is 0.401 e.